The molecule has 0 bridgehead atoms. The third-order valence-corrected chi connectivity index (χ3v) is 7.29. The molecule has 6 nitrogen and oxygen atoms in total. The van der Waals surface area contributed by atoms with E-state index in [0.29, 0.717) is 17.9 Å². The van der Waals surface area contributed by atoms with Crippen LogP contribution in [-0.2, 0) is 16.6 Å². The van der Waals surface area contributed by atoms with Gasteiger partial charge in [0.2, 0.25) is 10.0 Å². The lowest BCUT2D eigenvalue weighted by Crippen LogP contribution is -2.38. The minimum atomic E-state index is -3.63. The van der Waals surface area contributed by atoms with E-state index in [2.05, 4.69) is 0 Å². The van der Waals surface area contributed by atoms with Crippen LogP contribution in [0, 0.1) is 6.92 Å². The minimum absolute atomic E-state index is 0.0305. The fraction of sp³-hybridized carbons (Fsp3) is 0.476. The van der Waals surface area contributed by atoms with Gasteiger partial charge in [-0.25, -0.2) is 8.42 Å². The van der Waals surface area contributed by atoms with Crippen molar-refractivity contribution in [1.29, 1.82) is 0 Å². The molecule has 1 aliphatic carbocycles. The zero-order chi connectivity index (χ0) is 20.3. The molecule has 0 spiro atoms. The van der Waals surface area contributed by atoms with Gasteiger partial charge >= 0.3 is 0 Å². The Morgan fingerprint density at radius 3 is 2.46 bits per heavy atom. The molecule has 152 valence electrons. The van der Waals surface area contributed by atoms with Crippen LogP contribution in [0.15, 0.2) is 45.7 Å². The van der Waals surface area contributed by atoms with Gasteiger partial charge in [-0.05, 0) is 50.1 Å². The van der Waals surface area contributed by atoms with Crippen LogP contribution < -0.4 is 0 Å². The topological polar surface area (TPSA) is 70.8 Å². The number of carbonyl (C=O) groups is 1. The predicted molar refractivity (Wildman–Crippen MR) is 108 cm³/mol. The van der Waals surface area contributed by atoms with Crippen molar-refractivity contribution in [2.24, 2.45) is 0 Å². The first-order valence-corrected chi connectivity index (χ1v) is 11.1. The highest BCUT2D eigenvalue weighted by molar-refractivity contribution is 7.89. The maximum absolute atomic E-state index is 13.1. The number of hydrogen-bond acceptors (Lipinski definition) is 4. The molecule has 0 atom stereocenters. The summed E-state index contributed by atoms with van der Waals surface area (Å²) in [7, 11) is -0.312. The molecule has 0 radical (unpaired) electrons. The van der Waals surface area contributed by atoms with E-state index in [1.54, 1.807) is 32.3 Å². The van der Waals surface area contributed by atoms with Gasteiger partial charge in [0.1, 0.15) is 11.5 Å². The zero-order valence-corrected chi connectivity index (χ0v) is 17.5. The molecule has 0 saturated heterocycles. The van der Waals surface area contributed by atoms with Gasteiger partial charge < -0.3 is 9.32 Å². The molecule has 1 aromatic heterocycles. The molecule has 1 heterocycles. The van der Waals surface area contributed by atoms with E-state index in [-0.39, 0.29) is 16.8 Å². The van der Waals surface area contributed by atoms with E-state index >= 15 is 0 Å². The highest BCUT2D eigenvalue weighted by atomic mass is 32.2. The number of nitrogens with zero attached hydrogens (tertiary/aromatic N) is 2. The summed E-state index contributed by atoms with van der Waals surface area (Å²) in [4.78, 5) is 14.5. The maximum Gasteiger partial charge on any atom is 0.254 e. The van der Waals surface area contributed by atoms with E-state index in [9.17, 15) is 13.2 Å². The van der Waals surface area contributed by atoms with Gasteiger partial charge in [0, 0.05) is 25.7 Å². The van der Waals surface area contributed by atoms with Crippen LogP contribution in [0.1, 0.15) is 54.0 Å². The molecule has 2 aromatic rings. The van der Waals surface area contributed by atoms with Crippen LogP contribution in [0.3, 0.4) is 0 Å². The van der Waals surface area contributed by atoms with Crippen LogP contribution in [0.25, 0.3) is 0 Å². The van der Waals surface area contributed by atoms with Gasteiger partial charge in [0.05, 0.1) is 11.4 Å². The first-order valence-electron chi connectivity index (χ1n) is 9.68. The van der Waals surface area contributed by atoms with Crippen LogP contribution in [-0.4, -0.2) is 43.7 Å². The van der Waals surface area contributed by atoms with E-state index in [1.165, 1.54) is 15.3 Å². The molecule has 1 fully saturated rings. The molecule has 0 unspecified atom stereocenters. The Labute approximate surface area is 167 Å². The van der Waals surface area contributed by atoms with Crippen molar-refractivity contribution in [2.75, 3.05) is 14.1 Å². The second kappa shape index (κ2) is 8.49. The smallest absolute Gasteiger partial charge is 0.254 e. The van der Waals surface area contributed by atoms with Crippen LogP contribution in [0.4, 0.5) is 0 Å². The molecule has 0 N–H and O–H groups in total. The van der Waals surface area contributed by atoms with Gasteiger partial charge in [-0.15, -0.1) is 0 Å². The normalized spacial score (nSPS) is 15.7. The number of aryl methyl sites for hydroxylation is 1. The second-order valence-electron chi connectivity index (χ2n) is 7.51. The first-order chi connectivity index (χ1) is 13.3. The molecule has 1 amide bonds. The van der Waals surface area contributed by atoms with Crippen molar-refractivity contribution in [3.63, 3.8) is 0 Å². The lowest BCUT2D eigenvalue weighted by Gasteiger charge is -2.30. The third kappa shape index (κ3) is 4.47. The summed E-state index contributed by atoms with van der Waals surface area (Å²) < 4.78 is 33.1. The van der Waals surface area contributed by atoms with Crippen LogP contribution >= 0.6 is 0 Å². The summed E-state index contributed by atoms with van der Waals surface area (Å²) in [6, 6.07) is 10.0. The van der Waals surface area contributed by atoms with Gasteiger partial charge in [-0.1, -0.05) is 25.3 Å². The lowest BCUT2D eigenvalue weighted by molar-refractivity contribution is 0.0774. The van der Waals surface area contributed by atoms with Crippen molar-refractivity contribution >= 4 is 15.9 Å². The van der Waals surface area contributed by atoms with Crippen molar-refractivity contribution in [2.45, 2.75) is 56.5 Å². The molecular formula is C21H28N2O4S. The average molecular weight is 405 g/mol. The molecule has 0 aliphatic heterocycles. The Morgan fingerprint density at radius 1 is 1.11 bits per heavy atom. The van der Waals surface area contributed by atoms with Gasteiger partial charge in [0.15, 0.2) is 0 Å². The maximum atomic E-state index is 13.1. The van der Waals surface area contributed by atoms with Crippen molar-refractivity contribution in [3.8, 4) is 0 Å². The molecule has 1 aromatic carbocycles. The summed E-state index contributed by atoms with van der Waals surface area (Å²) in [6.45, 7) is 2.17. The standard InChI is InChI=1S/C21H28N2O4S/c1-16-12-13-19(27-16)15-22(2)21(24)17-8-7-11-20(14-17)28(25,26)23(3)18-9-5-4-6-10-18/h7-8,11-14,18H,4-6,9-10,15H2,1-3H3. The summed E-state index contributed by atoms with van der Waals surface area (Å²) in [6.07, 6.45) is 5.05. The molecule has 3 rings (SSSR count). The fourth-order valence-corrected chi connectivity index (χ4v) is 5.16. The zero-order valence-electron chi connectivity index (χ0n) is 16.7. The molecule has 1 aliphatic rings. The summed E-state index contributed by atoms with van der Waals surface area (Å²) in [5.74, 6) is 1.23. The minimum Gasteiger partial charge on any atom is -0.464 e. The highest BCUT2D eigenvalue weighted by Crippen LogP contribution is 2.27. The lowest BCUT2D eigenvalue weighted by atomic mass is 9.96. The largest absolute Gasteiger partial charge is 0.464 e. The van der Waals surface area contributed by atoms with E-state index in [0.717, 1.165) is 37.9 Å². The van der Waals surface area contributed by atoms with Crippen molar-refractivity contribution in [1.82, 2.24) is 9.21 Å². The first kappa shape index (κ1) is 20.6. The average Bonchev–Trinajstić information content (AvgIpc) is 3.12. The second-order valence-corrected chi connectivity index (χ2v) is 9.51. The summed E-state index contributed by atoms with van der Waals surface area (Å²) in [5.41, 5.74) is 0.351. The van der Waals surface area contributed by atoms with Crippen LogP contribution in [0.2, 0.25) is 0 Å². The molecule has 1 saturated carbocycles. The van der Waals surface area contributed by atoms with E-state index in [1.807, 2.05) is 19.1 Å². The Balaban J connectivity index is 1.77. The van der Waals surface area contributed by atoms with Crippen molar-refractivity contribution in [3.05, 3.63) is 53.5 Å². The number of carbonyl (C=O) groups excluding carboxylic acids is 1. The number of furan rings is 1. The fourth-order valence-electron chi connectivity index (χ4n) is 3.69. The van der Waals surface area contributed by atoms with Gasteiger partial charge in [0.25, 0.3) is 5.91 Å². The third-order valence-electron chi connectivity index (χ3n) is 5.38. The summed E-state index contributed by atoms with van der Waals surface area (Å²) in [5, 5.41) is 0. The molecule has 28 heavy (non-hydrogen) atoms. The Hall–Kier alpha value is -2.12. The Morgan fingerprint density at radius 2 is 1.82 bits per heavy atom. The highest BCUT2D eigenvalue weighted by Gasteiger charge is 2.29. The predicted octanol–water partition coefficient (Wildman–Crippen LogP) is 3.81. The van der Waals surface area contributed by atoms with Crippen molar-refractivity contribution < 1.29 is 17.6 Å². The van der Waals surface area contributed by atoms with E-state index < -0.39 is 10.0 Å². The number of benzene rings is 1. The van der Waals surface area contributed by atoms with Crippen LogP contribution in [0.5, 0.6) is 0 Å². The number of amides is 1. The monoisotopic (exact) mass is 404 g/mol. The Kier molecular flexibility index (Phi) is 6.25. The van der Waals surface area contributed by atoms with E-state index in [4.69, 9.17) is 4.42 Å². The number of hydrogen-bond donors (Lipinski definition) is 0. The quantitative estimate of drug-likeness (QED) is 0.734. The Bertz CT molecular complexity index is 929. The van der Waals surface area contributed by atoms with Gasteiger partial charge in [-0.3, -0.25) is 4.79 Å². The summed E-state index contributed by atoms with van der Waals surface area (Å²) >= 11 is 0. The molecular weight excluding hydrogens is 376 g/mol. The molecule has 7 heteroatoms. The SMILES string of the molecule is Cc1ccc(CN(C)C(=O)c2cccc(S(=O)(=O)N(C)C3CCCCC3)c2)o1. The number of sulfonamides is 1. The number of rotatable bonds is 6. The van der Waals surface area contributed by atoms with Gasteiger partial charge in [-0.2, -0.15) is 4.31 Å².